The van der Waals surface area contributed by atoms with Crippen molar-refractivity contribution in [3.8, 4) is 11.3 Å². The summed E-state index contributed by atoms with van der Waals surface area (Å²) in [5.74, 6) is 0. The number of nitrogens with one attached hydrogen (secondary N) is 2. The van der Waals surface area contributed by atoms with E-state index in [0.29, 0.717) is 0 Å². The summed E-state index contributed by atoms with van der Waals surface area (Å²) in [5, 5.41) is 11.6. The van der Waals surface area contributed by atoms with Crippen LogP contribution >= 0.6 is 11.6 Å². The lowest BCUT2D eigenvalue weighted by Gasteiger charge is -2.14. The predicted molar refractivity (Wildman–Crippen MR) is 65.8 cm³/mol. The highest BCUT2D eigenvalue weighted by atomic mass is 35.5. The first-order valence-electron chi connectivity index (χ1n) is 5.41. The van der Waals surface area contributed by atoms with Crippen LogP contribution in [0.3, 0.4) is 0 Å². The van der Waals surface area contributed by atoms with Gasteiger partial charge in [-0.1, -0.05) is 23.7 Å². The van der Waals surface area contributed by atoms with E-state index in [0.717, 1.165) is 41.4 Å². The molecule has 4 heteroatoms. The molecule has 0 saturated carbocycles. The molecule has 0 saturated heterocycles. The highest BCUT2D eigenvalue weighted by Crippen LogP contribution is 2.32. The van der Waals surface area contributed by atoms with E-state index in [4.69, 9.17) is 11.6 Å². The number of hydrogen-bond acceptors (Lipinski definition) is 2. The number of hydrogen-bond donors (Lipinski definition) is 2. The maximum atomic E-state index is 5.99. The van der Waals surface area contributed by atoms with Gasteiger partial charge in [-0.3, -0.25) is 5.10 Å². The van der Waals surface area contributed by atoms with E-state index >= 15 is 0 Å². The highest BCUT2D eigenvalue weighted by Gasteiger charge is 2.17. The summed E-state index contributed by atoms with van der Waals surface area (Å²) in [6, 6.07) is 7.78. The van der Waals surface area contributed by atoms with Gasteiger partial charge in [-0.25, -0.2) is 0 Å². The number of benzene rings is 1. The SMILES string of the molecule is Clc1cccc(-c2n[nH]c3c2NCCC3)c1. The van der Waals surface area contributed by atoms with Gasteiger partial charge in [0.25, 0.3) is 0 Å². The Morgan fingerprint density at radius 2 is 2.25 bits per heavy atom. The van der Waals surface area contributed by atoms with Gasteiger partial charge < -0.3 is 5.32 Å². The Bertz CT molecular complexity index is 519. The molecule has 0 unspecified atom stereocenters. The van der Waals surface area contributed by atoms with Gasteiger partial charge in [-0.2, -0.15) is 5.10 Å². The van der Waals surface area contributed by atoms with E-state index in [9.17, 15) is 0 Å². The molecule has 0 aliphatic carbocycles. The summed E-state index contributed by atoms with van der Waals surface area (Å²) in [4.78, 5) is 0. The summed E-state index contributed by atoms with van der Waals surface area (Å²) in [6.45, 7) is 1.01. The number of aromatic nitrogens is 2. The van der Waals surface area contributed by atoms with Crippen LogP contribution in [0.15, 0.2) is 24.3 Å². The lowest BCUT2D eigenvalue weighted by Crippen LogP contribution is -2.10. The second-order valence-corrected chi connectivity index (χ2v) is 4.40. The Balaban J connectivity index is 2.09. The zero-order chi connectivity index (χ0) is 11.0. The van der Waals surface area contributed by atoms with Crippen molar-refractivity contribution in [3.05, 3.63) is 35.0 Å². The van der Waals surface area contributed by atoms with E-state index in [1.54, 1.807) is 0 Å². The van der Waals surface area contributed by atoms with Crippen LogP contribution in [0.1, 0.15) is 12.1 Å². The van der Waals surface area contributed by atoms with Crippen molar-refractivity contribution >= 4 is 17.3 Å². The second kappa shape index (κ2) is 3.83. The van der Waals surface area contributed by atoms with Gasteiger partial charge in [0.1, 0.15) is 5.69 Å². The Labute approximate surface area is 98.8 Å². The maximum absolute atomic E-state index is 5.99. The van der Waals surface area contributed by atoms with Crippen LogP contribution in [0, 0.1) is 0 Å². The topological polar surface area (TPSA) is 40.7 Å². The first-order chi connectivity index (χ1) is 7.84. The average Bonchev–Trinajstić information content (AvgIpc) is 2.72. The third-order valence-electron chi connectivity index (χ3n) is 2.84. The largest absolute Gasteiger partial charge is 0.382 e. The molecule has 82 valence electrons. The molecule has 3 rings (SSSR count). The second-order valence-electron chi connectivity index (χ2n) is 3.97. The molecule has 1 aliphatic heterocycles. The van der Waals surface area contributed by atoms with Gasteiger partial charge in [-0.15, -0.1) is 0 Å². The summed E-state index contributed by atoms with van der Waals surface area (Å²) in [5.41, 5.74) is 4.35. The number of H-pyrrole nitrogens is 1. The normalized spacial score (nSPS) is 14.3. The van der Waals surface area contributed by atoms with Crippen molar-refractivity contribution in [2.75, 3.05) is 11.9 Å². The monoisotopic (exact) mass is 233 g/mol. The minimum Gasteiger partial charge on any atom is -0.382 e. The van der Waals surface area contributed by atoms with E-state index in [-0.39, 0.29) is 0 Å². The summed E-state index contributed by atoms with van der Waals surface area (Å²) < 4.78 is 0. The van der Waals surface area contributed by atoms with Gasteiger partial charge in [0, 0.05) is 17.1 Å². The smallest absolute Gasteiger partial charge is 0.116 e. The molecule has 0 radical (unpaired) electrons. The fourth-order valence-corrected chi connectivity index (χ4v) is 2.26. The zero-order valence-corrected chi connectivity index (χ0v) is 9.51. The molecule has 0 spiro atoms. The molecular formula is C12H12ClN3. The number of anilines is 1. The molecule has 0 atom stereocenters. The van der Waals surface area contributed by atoms with Crippen molar-refractivity contribution < 1.29 is 0 Å². The van der Waals surface area contributed by atoms with E-state index in [1.165, 1.54) is 5.69 Å². The quantitative estimate of drug-likeness (QED) is 0.795. The molecule has 1 aromatic heterocycles. The van der Waals surface area contributed by atoms with E-state index in [1.807, 2.05) is 24.3 Å². The van der Waals surface area contributed by atoms with Crippen LogP contribution in [0.5, 0.6) is 0 Å². The van der Waals surface area contributed by atoms with E-state index in [2.05, 4.69) is 15.5 Å². The fourth-order valence-electron chi connectivity index (χ4n) is 2.07. The third-order valence-corrected chi connectivity index (χ3v) is 3.08. The van der Waals surface area contributed by atoms with Gasteiger partial charge in [0.05, 0.1) is 11.4 Å². The van der Waals surface area contributed by atoms with Gasteiger partial charge in [0.2, 0.25) is 0 Å². The molecule has 16 heavy (non-hydrogen) atoms. The number of aromatic amines is 1. The van der Waals surface area contributed by atoms with Crippen molar-refractivity contribution in [3.63, 3.8) is 0 Å². The lowest BCUT2D eigenvalue weighted by molar-refractivity contribution is 0.801. The Hall–Kier alpha value is -1.48. The Kier molecular flexibility index (Phi) is 2.33. The van der Waals surface area contributed by atoms with Crippen molar-refractivity contribution in [1.29, 1.82) is 0 Å². The average molecular weight is 234 g/mol. The molecule has 2 N–H and O–H groups in total. The maximum Gasteiger partial charge on any atom is 0.116 e. The number of halogens is 1. The zero-order valence-electron chi connectivity index (χ0n) is 8.76. The minimum absolute atomic E-state index is 0.741. The number of rotatable bonds is 1. The third kappa shape index (κ3) is 1.57. The Morgan fingerprint density at radius 1 is 1.31 bits per heavy atom. The van der Waals surface area contributed by atoms with Crippen molar-refractivity contribution in [2.24, 2.45) is 0 Å². The van der Waals surface area contributed by atoms with Crippen LogP contribution in [0.4, 0.5) is 5.69 Å². The first kappa shape index (κ1) is 9.73. The molecule has 0 bridgehead atoms. The molecule has 3 nitrogen and oxygen atoms in total. The molecule has 1 aromatic carbocycles. The number of fused-ring (bicyclic) bond motifs is 1. The van der Waals surface area contributed by atoms with Gasteiger partial charge >= 0.3 is 0 Å². The van der Waals surface area contributed by atoms with Crippen LogP contribution in [0.25, 0.3) is 11.3 Å². The van der Waals surface area contributed by atoms with E-state index < -0.39 is 0 Å². The summed E-state index contributed by atoms with van der Waals surface area (Å²) in [7, 11) is 0. The Morgan fingerprint density at radius 3 is 3.12 bits per heavy atom. The summed E-state index contributed by atoms with van der Waals surface area (Å²) >= 11 is 5.99. The molecular weight excluding hydrogens is 222 g/mol. The number of nitrogens with zero attached hydrogens (tertiary/aromatic N) is 1. The summed E-state index contributed by atoms with van der Waals surface area (Å²) in [6.07, 6.45) is 2.22. The molecule has 2 heterocycles. The van der Waals surface area contributed by atoms with Crippen LogP contribution in [-0.2, 0) is 6.42 Å². The fraction of sp³-hybridized carbons (Fsp3) is 0.250. The van der Waals surface area contributed by atoms with Gasteiger partial charge in [-0.05, 0) is 25.0 Å². The van der Waals surface area contributed by atoms with Gasteiger partial charge in [0.15, 0.2) is 0 Å². The lowest BCUT2D eigenvalue weighted by atomic mass is 10.1. The first-order valence-corrected chi connectivity index (χ1v) is 5.79. The predicted octanol–water partition coefficient (Wildman–Crippen LogP) is 3.09. The molecule has 0 amide bonds. The van der Waals surface area contributed by atoms with Crippen molar-refractivity contribution in [1.82, 2.24) is 10.2 Å². The van der Waals surface area contributed by atoms with Crippen molar-refractivity contribution in [2.45, 2.75) is 12.8 Å². The van der Waals surface area contributed by atoms with Crippen LogP contribution < -0.4 is 5.32 Å². The standard InChI is InChI=1S/C12H12ClN3/c13-9-4-1-3-8(7-9)11-12-10(15-16-11)5-2-6-14-12/h1,3-4,7,14H,2,5-6H2,(H,15,16). The molecule has 0 fully saturated rings. The number of aryl methyl sites for hydroxylation is 1. The molecule has 2 aromatic rings. The highest BCUT2D eigenvalue weighted by molar-refractivity contribution is 6.30. The van der Waals surface area contributed by atoms with Crippen LogP contribution in [0.2, 0.25) is 5.02 Å². The molecule has 1 aliphatic rings. The van der Waals surface area contributed by atoms with Crippen LogP contribution in [-0.4, -0.2) is 16.7 Å². The minimum atomic E-state index is 0.741.